The fourth-order valence-corrected chi connectivity index (χ4v) is 0. The standard InChI is InChI=1S/C2H2O4.Nb.2H2O.2O/c3-1(4)2(5)6;;;;;/h(H,3,4)(H,5,6);;2*1H2;;/q;+1;;;;/p-1. The summed E-state index contributed by atoms with van der Waals surface area (Å²) in [7, 11) is 0. The Labute approximate surface area is 66.7 Å². The van der Waals surface area contributed by atoms with Crippen molar-refractivity contribution in [1.82, 2.24) is 0 Å². The van der Waals surface area contributed by atoms with Crippen molar-refractivity contribution in [1.29, 1.82) is 0 Å². The SMILES string of the molecule is O.O=C(O)C(=O)O.[O]=[Nb](=[O])[OH]. The van der Waals surface area contributed by atoms with Crippen LogP contribution >= 0.6 is 0 Å². The number of rotatable bonds is 0. The molecule has 0 aliphatic rings. The molecule has 5 N–H and O–H groups in total. The quantitative estimate of drug-likeness (QED) is 0.317. The molecule has 8 nitrogen and oxygen atoms in total. The van der Waals surface area contributed by atoms with E-state index in [1.807, 2.05) is 0 Å². The van der Waals surface area contributed by atoms with Crippen LogP contribution in [0.1, 0.15) is 0 Å². The topological polar surface area (TPSA) is 160 Å². The van der Waals surface area contributed by atoms with E-state index in [9.17, 15) is 0 Å². The van der Waals surface area contributed by atoms with Crippen molar-refractivity contribution in [2.45, 2.75) is 0 Å². The summed E-state index contributed by atoms with van der Waals surface area (Å²) >= 11 is -3.95. The third-order valence-electron chi connectivity index (χ3n) is 0.183. The van der Waals surface area contributed by atoms with E-state index < -0.39 is 30.7 Å². The Morgan fingerprint density at radius 2 is 1.09 bits per heavy atom. The van der Waals surface area contributed by atoms with E-state index in [2.05, 4.69) is 0 Å². The molecule has 0 aromatic rings. The van der Waals surface area contributed by atoms with Gasteiger partial charge in [-0.05, 0) is 0 Å². The summed E-state index contributed by atoms with van der Waals surface area (Å²) < 4.78 is 24.6. The Balaban J connectivity index is -0.000000114. The van der Waals surface area contributed by atoms with Crippen LogP contribution < -0.4 is 0 Å². The third kappa shape index (κ3) is 46.6. The average Bonchev–Trinajstić information content (AvgIpc) is 1.63. The number of hydrogen-bond acceptors (Lipinski definition) is 4. The maximum atomic E-state index is 9.10. The van der Waals surface area contributed by atoms with E-state index in [1.54, 1.807) is 0 Å². The zero-order valence-corrected chi connectivity index (χ0v) is 7.12. The number of hydrogen-bond donors (Lipinski definition) is 3. The minimum atomic E-state index is -3.95. The van der Waals surface area contributed by atoms with E-state index in [0.717, 1.165) is 0 Å². The van der Waals surface area contributed by atoms with Gasteiger partial charge in [0.15, 0.2) is 0 Å². The molecule has 0 fully saturated rings. The van der Waals surface area contributed by atoms with Gasteiger partial charge in [-0.2, -0.15) is 0 Å². The molecule has 0 aromatic heterocycles. The zero-order valence-electron chi connectivity index (χ0n) is 4.92. The van der Waals surface area contributed by atoms with Gasteiger partial charge in [-0.25, -0.2) is 9.59 Å². The zero-order chi connectivity index (χ0) is 8.73. The first kappa shape index (κ1) is 16.7. The number of carboxylic acid groups (broad SMARTS) is 2. The van der Waals surface area contributed by atoms with Crippen LogP contribution in [0.15, 0.2) is 0 Å². The number of carbonyl (C=O) groups is 2. The first-order chi connectivity index (χ1) is 4.37. The van der Waals surface area contributed by atoms with Gasteiger partial charge in [0.05, 0.1) is 0 Å². The fraction of sp³-hybridized carbons (Fsp3) is 0. The molecule has 0 spiro atoms. The summed E-state index contributed by atoms with van der Waals surface area (Å²) in [4.78, 5) is 18.2. The molecule has 0 rings (SSSR count). The van der Waals surface area contributed by atoms with Crippen LogP contribution in [-0.4, -0.2) is 31.2 Å². The Morgan fingerprint density at radius 1 is 1.00 bits per heavy atom. The molecule has 0 aromatic carbocycles. The normalized spacial score (nSPS) is 6.27. The van der Waals surface area contributed by atoms with Gasteiger partial charge in [0.1, 0.15) is 0 Å². The average molecular weight is 250 g/mol. The van der Waals surface area contributed by atoms with E-state index in [1.165, 1.54) is 0 Å². The van der Waals surface area contributed by atoms with Gasteiger partial charge >= 0.3 is 40.8 Å². The Bertz CT molecular complexity index is 170. The van der Waals surface area contributed by atoms with Gasteiger partial charge in [0.2, 0.25) is 0 Å². The van der Waals surface area contributed by atoms with Gasteiger partial charge in [0, 0.05) is 0 Å². The van der Waals surface area contributed by atoms with Gasteiger partial charge in [0.25, 0.3) is 0 Å². The Morgan fingerprint density at radius 3 is 1.09 bits per heavy atom. The monoisotopic (exact) mass is 250 g/mol. The third-order valence-corrected chi connectivity index (χ3v) is 0.183. The van der Waals surface area contributed by atoms with E-state index in [-0.39, 0.29) is 5.48 Å². The molecule has 0 saturated carbocycles. The summed E-state index contributed by atoms with van der Waals surface area (Å²) in [5.74, 6) is -3.65. The minimum absolute atomic E-state index is 0. The molecule has 0 bridgehead atoms. The molecular weight excluding hydrogens is 245 g/mol. The summed E-state index contributed by atoms with van der Waals surface area (Å²) in [6.07, 6.45) is 0. The van der Waals surface area contributed by atoms with Crippen LogP contribution in [0, 0.1) is 0 Å². The van der Waals surface area contributed by atoms with Crippen LogP contribution in [0.25, 0.3) is 0 Å². The molecule has 0 unspecified atom stereocenters. The molecule has 11 heavy (non-hydrogen) atoms. The van der Waals surface area contributed by atoms with E-state index in [0.29, 0.717) is 0 Å². The summed E-state index contributed by atoms with van der Waals surface area (Å²) in [6.45, 7) is 0. The molecule has 0 atom stereocenters. The van der Waals surface area contributed by atoms with Crippen LogP contribution in [0.2, 0.25) is 0 Å². The fourth-order valence-electron chi connectivity index (χ4n) is 0. The van der Waals surface area contributed by atoms with Crippen molar-refractivity contribution < 1.29 is 54.2 Å². The predicted molar refractivity (Wildman–Crippen MR) is 22.5 cm³/mol. The van der Waals surface area contributed by atoms with Crippen LogP contribution in [-0.2, 0) is 34.9 Å². The second-order valence-electron chi connectivity index (χ2n) is 0.848. The second-order valence-corrected chi connectivity index (χ2v) is 2.02. The maximum absolute atomic E-state index is 9.10. The van der Waals surface area contributed by atoms with Crippen molar-refractivity contribution in [2.75, 3.05) is 0 Å². The van der Waals surface area contributed by atoms with Crippen molar-refractivity contribution in [3.05, 3.63) is 0 Å². The molecule has 66 valence electrons. The molecular formula is C2H5NbO8. The molecule has 0 heterocycles. The van der Waals surface area contributed by atoms with Crippen molar-refractivity contribution >= 4 is 11.9 Å². The van der Waals surface area contributed by atoms with E-state index in [4.69, 9.17) is 29.9 Å². The van der Waals surface area contributed by atoms with Crippen LogP contribution in [0.5, 0.6) is 0 Å². The van der Waals surface area contributed by atoms with Crippen LogP contribution in [0.4, 0.5) is 0 Å². The molecule has 0 saturated heterocycles. The first-order valence-electron chi connectivity index (χ1n) is 1.67. The van der Waals surface area contributed by atoms with Gasteiger partial charge in [-0.15, -0.1) is 0 Å². The van der Waals surface area contributed by atoms with Crippen molar-refractivity contribution in [3.63, 3.8) is 0 Å². The summed E-state index contributed by atoms with van der Waals surface area (Å²) in [5, 5.41) is 14.8. The molecule has 0 radical (unpaired) electrons. The Hall–Kier alpha value is -0.800. The number of aliphatic carboxylic acids is 2. The second kappa shape index (κ2) is 9.20. The van der Waals surface area contributed by atoms with Crippen molar-refractivity contribution in [2.24, 2.45) is 0 Å². The predicted octanol–water partition coefficient (Wildman–Crippen LogP) is -2.47. The van der Waals surface area contributed by atoms with Crippen LogP contribution in [0.3, 0.4) is 0 Å². The Kier molecular flexibility index (Phi) is 13.9. The van der Waals surface area contributed by atoms with Gasteiger partial charge in [-0.1, -0.05) is 0 Å². The molecule has 0 aliphatic heterocycles. The van der Waals surface area contributed by atoms with E-state index >= 15 is 0 Å². The number of carboxylic acids is 2. The van der Waals surface area contributed by atoms with Gasteiger partial charge < -0.3 is 15.7 Å². The van der Waals surface area contributed by atoms with Gasteiger partial charge in [-0.3, -0.25) is 0 Å². The molecule has 9 heteroatoms. The first-order valence-corrected chi connectivity index (χ1v) is 4.45. The van der Waals surface area contributed by atoms with Crippen molar-refractivity contribution in [3.8, 4) is 0 Å². The summed E-state index contributed by atoms with van der Waals surface area (Å²) in [6, 6.07) is 0. The summed E-state index contributed by atoms with van der Waals surface area (Å²) in [5.41, 5.74) is 0. The molecule has 0 amide bonds. The molecule has 0 aliphatic carbocycles.